The molecule has 250 valence electrons. The molecule has 0 saturated carbocycles. The molecule has 1 aromatic heterocycles. The number of sulfone groups is 1. The number of alkyl carbamates (subject to hydrolysis) is 1. The maximum atomic E-state index is 13.5. The highest BCUT2D eigenvalue weighted by molar-refractivity contribution is 7.92. The van der Waals surface area contributed by atoms with Crippen molar-refractivity contribution in [3.05, 3.63) is 29.1 Å². The predicted octanol–water partition coefficient (Wildman–Crippen LogP) is 2.68. The van der Waals surface area contributed by atoms with Crippen molar-refractivity contribution in [2.24, 2.45) is 5.92 Å². The van der Waals surface area contributed by atoms with Crippen LogP contribution in [0.2, 0.25) is 0 Å². The van der Waals surface area contributed by atoms with Gasteiger partial charge in [-0.3, -0.25) is 19.6 Å². The van der Waals surface area contributed by atoms with Crippen molar-refractivity contribution in [3.63, 3.8) is 0 Å². The number of piperazine rings is 1. The zero-order chi connectivity index (χ0) is 32.8. The second-order valence-corrected chi connectivity index (χ2v) is 16.0. The summed E-state index contributed by atoms with van der Waals surface area (Å²) in [6.07, 6.45) is 0.0275. The largest absolute Gasteiger partial charge is 0.445 e. The number of ether oxygens (including phenoxy) is 1. The van der Waals surface area contributed by atoms with Crippen LogP contribution in [-0.2, 0) is 38.8 Å². The molecule has 2 aliphatic heterocycles. The van der Waals surface area contributed by atoms with Gasteiger partial charge in [-0.1, -0.05) is 34.6 Å². The number of carbonyl (C=O) groups is 2. The lowest BCUT2D eigenvalue weighted by Gasteiger charge is -2.43. The average Bonchev–Trinajstić information content (AvgIpc) is 3.24. The number of aromatic nitrogens is 1. The van der Waals surface area contributed by atoms with Gasteiger partial charge in [-0.05, 0) is 70.1 Å². The fourth-order valence-corrected chi connectivity index (χ4v) is 8.63. The third-order valence-corrected chi connectivity index (χ3v) is 11.0. The second kappa shape index (κ2) is 15.3. The van der Waals surface area contributed by atoms with E-state index in [0.717, 1.165) is 30.8 Å². The quantitative estimate of drug-likeness (QED) is 0.316. The van der Waals surface area contributed by atoms with Gasteiger partial charge >= 0.3 is 6.09 Å². The van der Waals surface area contributed by atoms with E-state index in [2.05, 4.69) is 41.5 Å². The second-order valence-electron chi connectivity index (χ2n) is 13.7. The van der Waals surface area contributed by atoms with Crippen molar-refractivity contribution >= 4 is 21.8 Å². The molecular formula is C32H55N5O6S. The van der Waals surface area contributed by atoms with E-state index in [9.17, 15) is 23.1 Å². The highest BCUT2D eigenvalue weighted by Crippen LogP contribution is 2.29. The molecule has 2 fully saturated rings. The van der Waals surface area contributed by atoms with Gasteiger partial charge in [-0.25, -0.2) is 13.2 Å². The molecule has 3 rings (SSSR count). The van der Waals surface area contributed by atoms with E-state index in [4.69, 9.17) is 9.72 Å². The van der Waals surface area contributed by atoms with Crippen molar-refractivity contribution in [1.82, 2.24) is 25.4 Å². The molecule has 2 amide bonds. The van der Waals surface area contributed by atoms with E-state index in [1.165, 1.54) is 5.56 Å². The summed E-state index contributed by atoms with van der Waals surface area (Å²) >= 11 is 0. The molecular weight excluding hydrogens is 582 g/mol. The molecule has 12 heteroatoms. The number of aliphatic hydroxyl groups is 1. The summed E-state index contributed by atoms with van der Waals surface area (Å²) in [5.74, 6) is -0.280. The summed E-state index contributed by atoms with van der Waals surface area (Å²) in [7, 11) is -3.32. The lowest BCUT2D eigenvalue weighted by molar-refractivity contribution is -0.131. The summed E-state index contributed by atoms with van der Waals surface area (Å²) < 4.78 is 30.5. The van der Waals surface area contributed by atoms with Gasteiger partial charge in [0.2, 0.25) is 5.91 Å². The number of aryl methyl sites for hydroxylation is 2. The van der Waals surface area contributed by atoms with Gasteiger partial charge in [0.1, 0.15) is 17.4 Å². The minimum atomic E-state index is -3.32. The molecule has 3 N–H and O–H groups in total. The van der Waals surface area contributed by atoms with Gasteiger partial charge in [0.15, 0.2) is 9.84 Å². The van der Waals surface area contributed by atoms with E-state index in [0.29, 0.717) is 26.1 Å². The molecule has 2 aliphatic rings. The molecule has 11 nitrogen and oxygen atoms in total. The normalized spacial score (nSPS) is 24.2. The van der Waals surface area contributed by atoms with Crippen LogP contribution >= 0.6 is 0 Å². The first kappa shape index (κ1) is 36.2. The predicted molar refractivity (Wildman–Crippen MR) is 172 cm³/mol. The Morgan fingerprint density at radius 2 is 1.75 bits per heavy atom. The van der Waals surface area contributed by atoms with Gasteiger partial charge in [0, 0.05) is 49.7 Å². The van der Waals surface area contributed by atoms with Gasteiger partial charge in [-0.15, -0.1) is 0 Å². The Morgan fingerprint density at radius 1 is 1.11 bits per heavy atom. The Labute approximate surface area is 264 Å². The minimum Gasteiger partial charge on any atom is -0.445 e. The first-order valence-corrected chi connectivity index (χ1v) is 17.9. The number of aliphatic hydroxyl groups excluding tert-OH is 1. The molecule has 5 atom stereocenters. The SMILES string of the molecule is CCc1cc(CN2CCN(C[C@@H](O)[C@H](CC)NC(=O)O[C@@H]3CCS(=O)(=O)[C@@H]3C(C)C)[C@H](C(=O)NC(C)(C)C)C2)cc(CC)n1. The van der Waals surface area contributed by atoms with Gasteiger partial charge < -0.3 is 20.5 Å². The Bertz CT molecular complexity index is 1210. The number of pyridine rings is 1. The smallest absolute Gasteiger partial charge is 0.407 e. The van der Waals surface area contributed by atoms with Crippen LogP contribution in [0, 0.1) is 5.92 Å². The number of hydrogen-bond donors (Lipinski definition) is 3. The topological polar surface area (TPSA) is 141 Å². The van der Waals surface area contributed by atoms with E-state index >= 15 is 0 Å². The molecule has 3 heterocycles. The van der Waals surface area contributed by atoms with Crippen LogP contribution in [0.5, 0.6) is 0 Å². The number of hydrogen-bond acceptors (Lipinski definition) is 9. The van der Waals surface area contributed by atoms with Crippen molar-refractivity contribution < 1.29 is 27.9 Å². The first-order valence-electron chi connectivity index (χ1n) is 16.2. The zero-order valence-electron chi connectivity index (χ0n) is 27.9. The van der Waals surface area contributed by atoms with Crippen molar-refractivity contribution in [2.75, 3.05) is 31.9 Å². The molecule has 0 unspecified atom stereocenters. The summed E-state index contributed by atoms with van der Waals surface area (Å²) in [6, 6.07) is 3.16. The summed E-state index contributed by atoms with van der Waals surface area (Å²) in [4.78, 5) is 35.4. The van der Waals surface area contributed by atoms with Crippen molar-refractivity contribution in [1.29, 1.82) is 0 Å². The fourth-order valence-electron chi connectivity index (χ4n) is 6.31. The van der Waals surface area contributed by atoms with E-state index in [-0.39, 0.29) is 30.5 Å². The first-order chi connectivity index (χ1) is 20.6. The molecule has 0 aromatic carbocycles. The maximum Gasteiger partial charge on any atom is 0.407 e. The summed E-state index contributed by atoms with van der Waals surface area (Å²) in [5.41, 5.74) is 2.89. The van der Waals surface area contributed by atoms with Crippen LogP contribution in [0.1, 0.15) is 85.2 Å². The summed E-state index contributed by atoms with van der Waals surface area (Å²) in [6.45, 7) is 18.2. The Hall–Kier alpha value is -2.28. The third kappa shape index (κ3) is 9.86. The average molecular weight is 638 g/mol. The van der Waals surface area contributed by atoms with E-state index < -0.39 is 51.0 Å². The lowest BCUT2D eigenvalue weighted by Crippen LogP contribution is -2.63. The fraction of sp³-hybridized carbons (Fsp3) is 0.781. The van der Waals surface area contributed by atoms with E-state index in [1.54, 1.807) is 0 Å². The maximum absolute atomic E-state index is 13.5. The highest BCUT2D eigenvalue weighted by atomic mass is 32.2. The monoisotopic (exact) mass is 637 g/mol. The van der Waals surface area contributed by atoms with Crippen LogP contribution in [0.3, 0.4) is 0 Å². The van der Waals surface area contributed by atoms with Gasteiger partial charge in [0.05, 0.1) is 17.9 Å². The number of nitrogens with zero attached hydrogens (tertiary/aromatic N) is 3. The number of carbonyl (C=O) groups excluding carboxylic acids is 2. The van der Waals surface area contributed by atoms with E-state index in [1.807, 2.05) is 46.4 Å². The number of β-amino-alcohol motifs (C(OH)–C–C–N with tert-alkyl or cyclic N) is 1. The van der Waals surface area contributed by atoms with Crippen LogP contribution in [0.25, 0.3) is 0 Å². The molecule has 1 aromatic rings. The highest BCUT2D eigenvalue weighted by Gasteiger charge is 2.44. The van der Waals surface area contributed by atoms with Crippen LogP contribution in [-0.4, -0.2) is 107 Å². The minimum absolute atomic E-state index is 0.00167. The van der Waals surface area contributed by atoms with Crippen LogP contribution in [0.15, 0.2) is 12.1 Å². The molecule has 2 saturated heterocycles. The van der Waals surface area contributed by atoms with Gasteiger partial charge in [0.25, 0.3) is 0 Å². The molecule has 0 radical (unpaired) electrons. The lowest BCUT2D eigenvalue weighted by atomic mass is 10.0. The van der Waals surface area contributed by atoms with Crippen LogP contribution in [0.4, 0.5) is 4.79 Å². The van der Waals surface area contributed by atoms with Crippen LogP contribution < -0.4 is 10.6 Å². The van der Waals surface area contributed by atoms with Crippen molar-refractivity contribution in [2.45, 2.75) is 123 Å². The Kier molecular flexibility index (Phi) is 12.6. The molecule has 44 heavy (non-hydrogen) atoms. The summed E-state index contributed by atoms with van der Waals surface area (Å²) in [5, 5.41) is 16.4. The van der Waals surface area contributed by atoms with Crippen molar-refractivity contribution in [3.8, 4) is 0 Å². The Balaban J connectivity index is 1.69. The zero-order valence-corrected chi connectivity index (χ0v) is 28.7. The number of amides is 2. The third-order valence-electron chi connectivity index (χ3n) is 8.51. The Morgan fingerprint density at radius 3 is 2.30 bits per heavy atom. The number of rotatable bonds is 12. The molecule has 0 aliphatic carbocycles. The standard InChI is InChI=1S/C32H55N5O6S/c1-9-23-16-22(17-24(10-2)33-23)18-36-13-14-37(26(19-36)30(39)35-32(6,7)8)20-27(38)25(11-3)34-31(40)43-28-12-15-44(41,42)29(28)21(4)5/h16-17,21,25-29,38H,9-15,18-20H2,1-8H3,(H,34,40)(H,35,39)/t25-,26-,27+,28+,29+/m0/s1. The number of nitrogens with one attached hydrogen (secondary N) is 2. The molecule has 0 spiro atoms. The molecule has 0 bridgehead atoms. The van der Waals surface area contributed by atoms with Gasteiger partial charge in [-0.2, -0.15) is 0 Å².